The summed E-state index contributed by atoms with van der Waals surface area (Å²) in [6.45, 7) is 1.86. The first-order chi connectivity index (χ1) is 12.0. The highest BCUT2D eigenvalue weighted by Crippen LogP contribution is 2.31. The molecule has 1 unspecified atom stereocenters. The molecule has 0 radical (unpaired) electrons. The van der Waals surface area contributed by atoms with Gasteiger partial charge in [-0.1, -0.05) is 35.9 Å². The predicted octanol–water partition coefficient (Wildman–Crippen LogP) is 3.92. The number of hydrogen-bond donors (Lipinski definition) is 1. The van der Waals surface area contributed by atoms with E-state index in [1.165, 1.54) is 16.2 Å². The van der Waals surface area contributed by atoms with Crippen molar-refractivity contribution in [1.82, 2.24) is 15.2 Å². The number of carbonyl (C=O) groups is 2. The molecule has 3 amide bonds. The van der Waals surface area contributed by atoms with Crippen molar-refractivity contribution in [2.24, 2.45) is 0 Å². The largest absolute Gasteiger partial charge is 0.325 e. The molecule has 1 fully saturated rings. The van der Waals surface area contributed by atoms with Crippen molar-refractivity contribution in [1.29, 1.82) is 0 Å². The second-order valence-electron chi connectivity index (χ2n) is 6.03. The molecule has 126 valence electrons. The van der Waals surface area contributed by atoms with Crippen LogP contribution in [0.25, 0.3) is 10.2 Å². The summed E-state index contributed by atoms with van der Waals surface area (Å²) < 4.78 is 1.03. The summed E-state index contributed by atoms with van der Waals surface area (Å²) in [5, 5.41) is 4.10. The lowest BCUT2D eigenvalue weighted by Crippen LogP contribution is -2.40. The quantitative estimate of drug-likeness (QED) is 0.710. The van der Waals surface area contributed by atoms with Crippen LogP contribution < -0.4 is 5.32 Å². The molecule has 2 aromatic carbocycles. The standard InChI is InChI=1S/C18H14ClN3O2S/c1-18(11-6-8-12(19)9-7-11)16(23)22(17(24)21-18)10-15-20-13-4-2-3-5-14(13)25-15/h2-9H,10H2,1H3,(H,21,24). The Kier molecular flexibility index (Phi) is 3.74. The van der Waals surface area contributed by atoms with Crippen molar-refractivity contribution >= 4 is 45.1 Å². The molecule has 1 saturated heterocycles. The summed E-state index contributed by atoms with van der Waals surface area (Å²) in [7, 11) is 0. The van der Waals surface area contributed by atoms with Crippen LogP contribution >= 0.6 is 22.9 Å². The molecule has 1 N–H and O–H groups in total. The molecule has 0 saturated carbocycles. The van der Waals surface area contributed by atoms with Crippen molar-refractivity contribution in [2.75, 3.05) is 0 Å². The third-order valence-corrected chi connectivity index (χ3v) is 5.60. The highest BCUT2D eigenvalue weighted by Gasteiger charge is 2.49. The van der Waals surface area contributed by atoms with E-state index in [9.17, 15) is 9.59 Å². The zero-order valence-electron chi connectivity index (χ0n) is 13.3. The molecule has 1 aromatic heterocycles. The number of thiazole rings is 1. The number of nitrogens with one attached hydrogen (secondary N) is 1. The van der Waals surface area contributed by atoms with Gasteiger partial charge in [0.05, 0.1) is 16.8 Å². The zero-order chi connectivity index (χ0) is 17.6. The fourth-order valence-electron chi connectivity index (χ4n) is 2.94. The number of imide groups is 1. The summed E-state index contributed by atoms with van der Waals surface area (Å²) >= 11 is 7.40. The third-order valence-electron chi connectivity index (χ3n) is 4.33. The van der Waals surface area contributed by atoms with Crippen LogP contribution in [0, 0.1) is 0 Å². The second-order valence-corrected chi connectivity index (χ2v) is 7.58. The summed E-state index contributed by atoms with van der Waals surface area (Å²) in [6, 6.07) is 14.2. The van der Waals surface area contributed by atoms with Gasteiger partial charge in [-0.2, -0.15) is 0 Å². The number of carbonyl (C=O) groups excluding carboxylic acids is 2. The first-order valence-electron chi connectivity index (χ1n) is 7.72. The normalized spacial score (nSPS) is 20.3. The number of rotatable bonds is 3. The number of nitrogens with zero attached hydrogens (tertiary/aromatic N) is 2. The van der Waals surface area contributed by atoms with Gasteiger partial charge in [-0.3, -0.25) is 9.69 Å². The Hall–Kier alpha value is -2.44. The highest BCUT2D eigenvalue weighted by molar-refractivity contribution is 7.18. The lowest BCUT2D eigenvalue weighted by molar-refractivity contribution is -0.131. The van der Waals surface area contributed by atoms with Crippen molar-refractivity contribution in [3.8, 4) is 0 Å². The number of fused-ring (bicyclic) bond motifs is 1. The van der Waals surface area contributed by atoms with Gasteiger partial charge in [-0.05, 0) is 36.8 Å². The molecule has 0 bridgehead atoms. The Morgan fingerprint density at radius 1 is 1.16 bits per heavy atom. The van der Waals surface area contributed by atoms with E-state index in [4.69, 9.17) is 11.6 Å². The van der Waals surface area contributed by atoms with Crippen molar-refractivity contribution in [2.45, 2.75) is 19.0 Å². The summed E-state index contributed by atoms with van der Waals surface area (Å²) in [5.74, 6) is -0.293. The van der Waals surface area contributed by atoms with Crippen LogP contribution in [0.15, 0.2) is 48.5 Å². The van der Waals surface area contributed by atoms with Crippen LogP contribution in [0.4, 0.5) is 4.79 Å². The van der Waals surface area contributed by atoms with Gasteiger partial charge < -0.3 is 5.32 Å². The maximum atomic E-state index is 12.9. The van der Waals surface area contributed by atoms with Crippen LogP contribution in [0.3, 0.4) is 0 Å². The lowest BCUT2D eigenvalue weighted by Gasteiger charge is -2.22. The van der Waals surface area contributed by atoms with Crippen molar-refractivity contribution < 1.29 is 9.59 Å². The molecule has 25 heavy (non-hydrogen) atoms. The number of aromatic nitrogens is 1. The van der Waals surface area contributed by atoms with E-state index >= 15 is 0 Å². The van der Waals surface area contributed by atoms with Gasteiger partial charge >= 0.3 is 6.03 Å². The van der Waals surface area contributed by atoms with Gasteiger partial charge in [0.2, 0.25) is 0 Å². The maximum absolute atomic E-state index is 12.9. The van der Waals surface area contributed by atoms with Gasteiger partial charge in [0, 0.05) is 5.02 Å². The number of amides is 3. The molecular weight excluding hydrogens is 358 g/mol. The lowest BCUT2D eigenvalue weighted by atomic mass is 9.92. The summed E-state index contributed by atoms with van der Waals surface area (Å²) in [6.07, 6.45) is 0. The first-order valence-corrected chi connectivity index (χ1v) is 8.91. The molecular formula is C18H14ClN3O2S. The van der Waals surface area contributed by atoms with E-state index in [0.717, 1.165) is 15.2 Å². The monoisotopic (exact) mass is 371 g/mol. The number of para-hydroxylation sites is 1. The van der Waals surface area contributed by atoms with E-state index in [-0.39, 0.29) is 12.5 Å². The minimum atomic E-state index is -1.10. The Morgan fingerprint density at radius 3 is 2.60 bits per heavy atom. The number of urea groups is 1. The van der Waals surface area contributed by atoms with Crippen LogP contribution in [0.2, 0.25) is 5.02 Å². The number of hydrogen-bond acceptors (Lipinski definition) is 4. The SMILES string of the molecule is CC1(c2ccc(Cl)cc2)NC(=O)N(Cc2nc3ccccc3s2)C1=O. The molecule has 1 aliphatic heterocycles. The van der Waals surface area contributed by atoms with E-state index in [0.29, 0.717) is 10.6 Å². The molecule has 1 atom stereocenters. The molecule has 3 aromatic rings. The molecule has 0 spiro atoms. The minimum Gasteiger partial charge on any atom is -0.319 e. The van der Waals surface area contributed by atoms with Crippen molar-refractivity contribution in [3.63, 3.8) is 0 Å². The summed E-state index contributed by atoms with van der Waals surface area (Å²) in [4.78, 5) is 31.1. The predicted molar refractivity (Wildman–Crippen MR) is 97.5 cm³/mol. The Balaban J connectivity index is 1.63. The Labute approximate surface area is 153 Å². The minimum absolute atomic E-state index is 0.160. The van der Waals surface area contributed by atoms with Crippen LogP contribution in [-0.2, 0) is 16.9 Å². The van der Waals surface area contributed by atoms with Gasteiger partial charge in [-0.15, -0.1) is 11.3 Å². The van der Waals surface area contributed by atoms with Gasteiger partial charge in [0.15, 0.2) is 0 Å². The Morgan fingerprint density at radius 2 is 1.88 bits per heavy atom. The van der Waals surface area contributed by atoms with Crippen LogP contribution in [0.5, 0.6) is 0 Å². The fraction of sp³-hybridized carbons (Fsp3) is 0.167. The van der Waals surface area contributed by atoms with Gasteiger partial charge in [-0.25, -0.2) is 9.78 Å². The number of benzene rings is 2. The Bertz CT molecular complexity index is 952. The molecule has 5 nitrogen and oxygen atoms in total. The fourth-order valence-corrected chi connectivity index (χ4v) is 4.02. The third kappa shape index (κ3) is 2.67. The highest BCUT2D eigenvalue weighted by atomic mass is 35.5. The molecule has 0 aliphatic carbocycles. The van der Waals surface area contributed by atoms with E-state index in [1.807, 2.05) is 24.3 Å². The molecule has 1 aliphatic rings. The van der Waals surface area contributed by atoms with E-state index in [2.05, 4.69) is 10.3 Å². The topological polar surface area (TPSA) is 62.3 Å². The smallest absolute Gasteiger partial charge is 0.319 e. The number of halogens is 1. The maximum Gasteiger partial charge on any atom is 0.325 e. The average Bonchev–Trinajstić information content (AvgIpc) is 3.10. The van der Waals surface area contributed by atoms with Crippen LogP contribution in [0.1, 0.15) is 17.5 Å². The zero-order valence-corrected chi connectivity index (χ0v) is 14.9. The van der Waals surface area contributed by atoms with Crippen molar-refractivity contribution in [3.05, 3.63) is 64.1 Å². The van der Waals surface area contributed by atoms with E-state index < -0.39 is 11.6 Å². The summed E-state index contributed by atoms with van der Waals surface area (Å²) in [5.41, 5.74) is 0.468. The molecule has 4 rings (SSSR count). The van der Waals surface area contributed by atoms with E-state index in [1.54, 1.807) is 31.2 Å². The average molecular weight is 372 g/mol. The first kappa shape index (κ1) is 16.1. The van der Waals surface area contributed by atoms with Gasteiger partial charge in [0.1, 0.15) is 10.5 Å². The molecule has 2 heterocycles. The van der Waals surface area contributed by atoms with Crippen LogP contribution in [-0.4, -0.2) is 21.8 Å². The molecule has 7 heteroatoms. The van der Waals surface area contributed by atoms with Gasteiger partial charge in [0.25, 0.3) is 5.91 Å². The second kappa shape index (κ2) is 5.82.